The quantitative estimate of drug-likeness (QED) is 0.855. The number of phenols is 2. The average molecular weight is 242 g/mol. The third-order valence-corrected chi connectivity index (χ3v) is 3.31. The molecule has 18 heavy (non-hydrogen) atoms. The minimum atomic E-state index is 0.269. The summed E-state index contributed by atoms with van der Waals surface area (Å²) in [6, 6.07) is 14.8. The molecule has 1 atom stereocenters. The Morgan fingerprint density at radius 1 is 0.889 bits per heavy atom. The lowest BCUT2D eigenvalue weighted by Crippen LogP contribution is -1.97. The molecule has 0 bridgehead atoms. The molecule has 2 N–H and O–H groups in total. The van der Waals surface area contributed by atoms with Crippen molar-refractivity contribution in [3.63, 3.8) is 0 Å². The van der Waals surface area contributed by atoms with Gasteiger partial charge in [-0.25, -0.2) is 0 Å². The van der Waals surface area contributed by atoms with Gasteiger partial charge in [0.1, 0.15) is 11.5 Å². The van der Waals surface area contributed by atoms with Crippen molar-refractivity contribution in [2.75, 3.05) is 0 Å². The summed E-state index contributed by atoms with van der Waals surface area (Å²) >= 11 is 0. The molecule has 0 aliphatic rings. The van der Waals surface area contributed by atoms with Gasteiger partial charge in [0.15, 0.2) is 0 Å². The Hall–Kier alpha value is -1.96. The van der Waals surface area contributed by atoms with Crippen LogP contribution in [0.2, 0.25) is 0 Å². The molecule has 2 aromatic rings. The second-order valence-corrected chi connectivity index (χ2v) is 4.63. The van der Waals surface area contributed by atoms with Gasteiger partial charge in [0.2, 0.25) is 0 Å². The minimum Gasteiger partial charge on any atom is -0.508 e. The summed E-state index contributed by atoms with van der Waals surface area (Å²) in [6.07, 6.45) is 1.71. The van der Waals surface area contributed by atoms with E-state index in [2.05, 4.69) is 6.92 Å². The van der Waals surface area contributed by atoms with Gasteiger partial charge in [-0.15, -0.1) is 0 Å². The highest BCUT2D eigenvalue weighted by atomic mass is 16.3. The standard InChI is InChI=1S/C16H18O2/c1-12(14-7-3-5-9-16(14)18)10-11-13-6-2-4-8-15(13)17/h2-9,12,17-18H,10-11H2,1H3. The van der Waals surface area contributed by atoms with Gasteiger partial charge >= 0.3 is 0 Å². The molecule has 0 heterocycles. The van der Waals surface area contributed by atoms with E-state index in [1.54, 1.807) is 12.1 Å². The van der Waals surface area contributed by atoms with Gasteiger partial charge in [-0.2, -0.15) is 0 Å². The van der Waals surface area contributed by atoms with Crippen LogP contribution in [-0.4, -0.2) is 10.2 Å². The lowest BCUT2D eigenvalue weighted by atomic mass is 9.93. The zero-order chi connectivity index (χ0) is 13.0. The fraction of sp³-hybridized carbons (Fsp3) is 0.250. The highest BCUT2D eigenvalue weighted by molar-refractivity contribution is 5.35. The Morgan fingerprint density at radius 3 is 2.17 bits per heavy atom. The molecule has 0 aliphatic carbocycles. The molecule has 0 radical (unpaired) electrons. The zero-order valence-electron chi connectivity index (χ0n) is 10.5. The molecule has 0 amide bonds. The van der Waals surface area contributed by atoms with E-state index in [-0.39, 0.29) is 5.92 Å². The highest BCUT2D eigenvalue weighted by Crippen LogP contribution is 2.29. The Kier molecular flexibility index (Phi) is 3.88. The molecule has 2 rings (SSSR count). The van der Waals surface area contributed by atoms with Crippen LogP contribution in [0, 0.1) is 0 Å². The van der Waals surface area contributed by atoms with E-state index in [0.29, 0.717) is 11.5 Å². The Bertz CT molecular complexity index is 520. The van der Waals surface area contributed by atoms with Crippen molar-refractivity contribution in [2.24, 2.45) is 0 Å². The van der Waals surface area contributed by atoms with Gasteiger partial charge in [0.25, 0.3) is 0 Å². The van der Waals surface area contributed by atoms with Gasteiger partial charge in [0, 0.05) is 0 Å². The molecule has 0 fully saturated rings. The first-order chi connectivity index (χ1) is 8.68. The number of phenolic OH excluding ortho intramolecular Hbond substituents is 2. The molecule has 0 saturated carbocycles. The van der Waals surface area contributed by atoms with Gasteiger partial charge in [-0.05, 0) is 42.0 Å². The number of rotatable bonds is 4. The maximum Gasteiger partial charge on any atom is 0.119 e. The van der Waals surface area contributed by atoms with Gasteiger partial charge in [0.05, 0.1) is 0 Å². The molecule has 0 saturated heterocycles. The Labute approximate surface area is 108 Å². The van der Waals surface area contributed by atoms with E-state index in [0.717, 1.165) is 24.0 Å². The molecule has 2 aromatic carbocycles. The molecule has 0 aromatic heterocycles. The molecular weight excluding hydrogens is 224 g/mol. The number of benzene rings is 2. The second kappa shape index (κ2) is 5.58. The van der Waals surface area contributed by atoms with E-state index < -0.39 is 0 Å². The normalized spacial score (nSPS) is 12.3. The van der Waals surface area contributed by atoms with Crippen molar-refractivity contribution in [3.8, 4) is 11.5 Å². The van der Waals surface area contributed by atoms with E-state index in [9.17, 15) is 10.2 Å². The number of hydrogen-bond acceptors (Lipinski definition) is 2. The topological polar surface area (TPSA) is 40.5 Å². The van der Waals surface area contributed by atoms with Crippen molar-refractivity contribution in [3.05, 3.63) is 59.7 Å². The summed E-state index contributed by atoms with van der Waals surface area (Å²) in [5.41, 5.74) is 1.92. The Balaban J connectivity index is 2.03. The first kappa shape index (κ1) is 12.5. The van der Waals surface area contributed by atoms with Crippen molar-refractivity contribution < 1.29 is 10.2 Å². The molecule has 94 valence electrons. The smallest absolute Gasteiger partial charge is 0.119 e. The zero-order valence-corrected chi connectivity index (χ0v) is 10.5. The molecular formula is C16H18O2. The number of para-hydroxylation sites is 2. The SMILES string of the molecule is CC(CCc1ccccc1O)c1ccccc1O. The van der Waals surface area contributed by atoms with E-state index in [1.807, 2.05) is 36.4 Å². The lowest BCUT2D eigenvalue weighted by molar-refractivity contribution is 0.457. The van der Waals surface area contributed by atoms with E-state index >= 15 is 0 Å². The van der Waals surface area contributed by atoms with E-state index in [1.165, 1.54) is 0 Å². The van der Waals surface area contributed by atoms with Gasteiger partial charge in [-0.3, -0.25) is 0 Å². The monoisotopic (exact) mass is 242 g/mol. The maximum atomic E-state index is 9.78. The average Bonchev–Trinajstić information content (AvgIpc) is 2.38. The van der Waals surface area contributed by atoms with Gasteiger partial charge < -0.3 is 10.2 Å². The number of aromatic hydroxyl groups is 2. The fourth-order valence-electron chi connectivity index (χ4n) is 2.15. The first-order valence-corrected chi connectivity index (χ1v) is 6.23. The molecule has 1 unspecified atom stereocenters. The maximum absolute atomic E-state index is 9.78. The molecule has 2 heteroatoms. The van der Waals surface area contributed by atoms with Crippen molar-refractivity contribution in [1.29, 1.82) is 0 Å². The van der Waals surface area contributed by atoms with Gasteiger partial charge in [-0.1, -0.05) is 43.3 Å². The van der Waals surface area contributed by atoms with Crippen molar-refractivity contribution >= 4 is 0 Å². The fourth-order valence-corrected chi connectivity index (χ4v) is 2.15. The van der Waals surface area contributed by atoms with Crippen molar-refractivity contribution in [2.45, 2.75) is 25.7 Å². The number of hydrogen-bond donors (Lipinski definition) is 2. The summed E-state index contributed by atoms with van der Waals surface area (Å²) in [5, 5.41) is 19.5. The number of aryl methyl sites for hydroxylation is 1. The molecule has 0 aliphatic heterocycles. The van der Waals surface area contributed by atoms with Crippen molar-refractivity contribution in [1.82, 2.24) is 0 Å². The second-order valence-electron chi connectivity index (χ2n) is 4.63. The lowest BCUT2D eigenvalue weighted by Gasteiger charge is -2.13. The highest BCUT2D eigenvalue weighted by Gasteiger charge is 2.10. The predicted molar refractivity (Wildman–Crippen MR) is 72.9 cm³/mol. The third kappa shape index (κ3) is 2.83. The van der Waals surface area contributed by atoms with Crippen LogP contribution in [0.15, 0.2) is 48.5 Å². The summed E-state index contributed by atoms with van der Waals surface area (Å²) in [7, 11) is 0. The van der Waals surface area contributed by atoms with Crippen LogP contribution in [0.3, 0.4) is 0 Å². The molecule has 2 nitrogen and oxygen atoms in total. The van der Waals surface area contributed by atoms with E-state index in [4.69, 9.17) is 0 Å². The third-order valence-electron chi connectivity index (χ3n) is 3.31. The minimum absolute atomic E-state index is 0.269. The van der Waals surface area contributed by atoms with Crippen LogP contribution >= 0.6 is 0 Å². The molecule has 0 spiro atoms. The summed E-state index contributed by atoms with van der Waals surface area (Å²) < 4.78 is 0. The summed E-state index contributed by atoms with van der Waals surface area (Å²) in [6.45, 7) is 2.09. The van der Waals surface area contributed by atoms with Crippen LogP contribution in [0.1, 0.15) is 30.4 Å². The first-order valence-electron chi connectivity index (χ1n) is 6.23. The van der Waals surface area contributed by atoms with Crippen LogP contribution in [0.4, 0.5) is 0 Å². The van der Waals surface area contributed by atoms with Crippen LogP contribution in [-0.2, 0) is 6.42 Å². The summed E-state index contributed by atoms with van der Waals surface area (Å²) in [4.78, 5) is 0. The summed E-state index contributed by atoms with van der Waals surface area (Å²) in [5.74, 6) is 0.968. The Morgan fingerprint density at radius 2 is 1.50 bits per heavy atom. The predicted octanol–water partition coefficient (Wildman–Crippen LogP) is 3.83. The van der Waals surface area contributed by atoms with Crippen LogP contribution in [0.25, 0.3) is 0 Å². The van der Waals surface area contributed by atoms with Crippen LogP contribution in [0.5, 0.6) is 11.5 Å². The largest absolute Gasteiger partial charge is 0.508 e. The van der Waals surface area contributed by atoms with Crippen LogP contribution < -0.4 is 0 Å².